The Morgan fingerprint density at radius 1 is 1.22 bits per heavy atom. The van der Waals surface area contributed by atoms with Crippen LogP contribution in [-0.2, 0) is 12.6 Å². The van der Waals surface area contributed by atoms with E-state index in [-0.39, 0.29) is 5.88 Å². The predicted octanol–water partition coefficient (Wildman–Crippen LogP) is 4.27. The molecule has 0 aliphatic heterocycles. The van der Waals surface area contributed by atoms with Crippen LogP contribution in [0.2, 0.25) is 0 Å². The molecule has 23 heavy (non-hydrogen) atoms. The molecular weight excluding hydrogens is 305 g/mol. The van der Waals surface area contributed by atoms with E-state index < -0.39 is 11.9 Å². The summed E-state index contributed by atoms with van der Waals surface area (Å²) in [6, 6.07) is 9.21. The number of alkyl halides is 3. The lowest BCUT2D eigenvalue weighted by atomic mass is 9.83. The molecule has 1 aliphatic carbocycles. The van der Waals surface area contributed by atoms with Gasteiger partial charge in [-0.15, -0.1) is 0 Å². The van der Waals surface area contributed by atoms with Gasteiger partial charge in [-0.3, -0.25) is 0 Å². The molecule has 1 heterocycles. The molecule has 1 unspecified atom stereocenters. The van der Waals surface area contributed by atoms with Crippen LogP contribution in [0.1, 0.15) is 35.6 Å². The van der Waals surface area contributed by atoms with Crippen LogP contribution in [0.3, 0.4) is 0 Å². The van der Waals surface area contributed by atoms with Crippen molar-refractivity contribution in [2.75, 3.05) is 6.54 Å². The number of aromatic nitrogens is 1. The van der Waals surface area contributed by atoms with Gasteiger partial charge in [-0.2, -0.15) is 13.2 Å². The van der Waals surface area contributed by atoms with Crippen LogP contribution in [0.25, 0.3) is 0 Å². The zero-order valence-electron chi connectivity index (χ0n) is 12.4. The number of ether oxygens (including phenoxy) is 1. The summed E-state index contributed by atoms with van der Waals surface area (Å²) in [5.74, 6) is 0.777. The third kappa shape index (κ3) is 3.47. The van der Waals surface area contributed by atoms with Crippen molar-refractivity contribution in [2.45, 2.75) is 31.4 Å². The summed E-state index contributed by atoms with van der Waals surface area (Å²) in [7, 11) is 0. The van der Waals surface area contributed by atoms with Gasteiger partial charge < -0.3 is 10.5 Å². The second-order valence-corrected chi connectivity index (χ2v) is 5.65. The minimum absolute atomic E-state index is 0.0639. The Bertz CT molecular complexity index is 700. The number of hydrogen-bond acceptors (Lipinski definition) is 3. The Labute approximate surface area is 132 Å². The lowest BCUT2D eigenvalue weighted by Gasteiger charge is -2.24. The van der Waals surface area contributed by atoms with Crippen LogP contribution in [0.15, 0.2) is 36.4 Å². The van der Waals surface area contributed by atoms with Crippen molar-refractivity contribution < 1.29 is 17.9 Å². The molecule has 0 fully saturated rings. The fourth-order valence-corrected chi connectivity index (χ4v) is 2.95. The normalized spacial score (nSPS) is 17.7. The first kappa shape index (κ1) is 15.8. The summed E-state index contributed by atoms with van der Waals surface area (Å²) < 4.78 is 43.6. The number of rotatable bonds is 3. The molecular formula is C17H17F3N2O. The molecule has 1 atom stereocenters. The van der Waals surface area contributed by atoms with Gasteiger partial charge >= 0.3 is 6.18 Å². The topological polar surface area (TPSA) is 48.1 Å². The number of nitrogens with two attached hydrogens (primary N) is 1. The quantitative estimate of drug-likeness (QED) is 0.918. The summed E-state index contributed by atoms with van der Waals surface area (Å²) in [4.78, 5) is 3.52. The Morgan fingerprint density at radius 2 is 2.04 bits per heavy atom. The van der Waals surface area contributed by atoms with Crippen molar-refractivity contribution in [2.24, 2.45) is 5.73 Å². The number of benzene rings is 1. The number of nitrogens with zero attached hydrogens (tertiary/aromatic N) is 1. The minimum atomic E-state index is -4.48. The van der Waals surface area contributed by atoms with Crippen molar-refractivity contribution in [1.29, 1.82) is 0 Å². The molecule has 122 valence electrons. The highest BCUT2D eigenvalue weighted by molar-refractivity contribution is 5.40. The third-order valence-corrected chi connectivity index (χ3v) is 4.07. The zero-order valence-corrected chi connectivity index (χ0v) is 12.4. The Kier molecular flexibility index (Phi) is 4.26. The average Bonchev–Trinajstić information content (AvgIpc) is 2.53. The standard InChI is InChI=1S/C17H17F3N2O/c18-17(19,20)15-5-2-6-16(22-15)23-13-7-8-14-11(9-13)3-1-4-12(14)10-21/h2,5-9,12H,1,3-4,10,21H2. The van der Waals surface area contributed by atoms with E-state index in [1.54, 1.807) is 6.07 Å². The van der Waals surface area contributed by atoms with Crippen molar-refractivity contribution >= 4 is 0 Å². The molecule has 0 radical (unpaired) electrons. The molecule has 3 nitrogen and oxygen atoms in total. The summed E-state index contributed by atoms with van der Waals surface area (Å²) in [6.07, 6.45) is -1.43. The highest BCUT2D eigenvalue weighted by Gasteiger charge is 2.32. The summed E-state index contributed by atoms with van der Waals surface area (Å²) in [6.45, 7) is 0.600. The Morgan fingerprint density at radius 3 is 2.78 bits per heavy atom. The fourth-order valence-electron chi connectivity index (χ4n) is 2.95. The number of fused-ring (bicyclic) bond motifs is 1. The molecule has 0 bridgehead atoms. The maximum absolute atomic E-state index is 12.7. The fraction of sp³-hybridized carbons (Fsp3) is 0.353. The van der Waals surface area contributed by atoms with Gasteiger partial charge in [-0.25, -0.2) is 4.98 Å². The molecule has 2 aromatic rings. The van der Waals surface area contributed by atoms with Crippen LogP contribution in [0.4, 0.5) is 13.2 Å². The van der Waals surface area contributed by atoms with E-state index in [0.29, 0.717) is 18.2 Å². The molecule has 0 spiro atoms. The highest BCUT2D eigenvalue weighted by Crippen LogP contribution is 2.34. The third-order valence-electron chi connectivity index (χ3n) is 4.07. The molecule has 1 aromatic heterocycles. The summed E-state index contributed by atoms with van der Waals surface area (Å²) >= 11 is 0. The zero-order chi connectivity index (χ0) is 16.4. The SMILES string of the molecule is NCC1CCCc2cc(Oc3cccc(C(F)(F)F)n3)ccc21. The molecule has 0 saturated carbocycles. The van der Waals surface area contributed by atoms with Gasteiger partial charge in [0.15, 0.2) is 0 Å². The molecule has 6 heteroatoms. The van der Waals surface area contributed by atoms with Gasteiger partial charge in [-0.1, -0.05) is 12.1 Å². The van der Waals surface area contributed by atoms with E-state index in [0.717, 1.165) is 30.9 Å². The smallest absolute Gasteiger partial charge is 0.433 e. The number of hydrogen-bond donors (Lipinski definition) is 1. The van der Waals surface area contributed by atoms with E-state index >= 15 is 0 Å². The monoisotopic (exact) mass is 322 g/mol. The van der Waals surface area contributed by atoms with Crippen LogP contribution >= 0.6 is 0 Å². The predicted molar refractivity (Wildman–Crippen MR) is 80.5 cm³/mol. The van der Waals surface area contributed by atoms with Gasteiger partial charge in [0.2, 0.25) is 5.88 Å². The van der Waals surface area contributed by atoms with E-state index in [4.69, 9.17) is 10.5 Å². The highest BCUT2D eigenvalue weighted by atomic mass is 19.4. The van der Waals surface area contributed by atoms with Gasteiger partial charge in [0.05, 0.1) is 0 Å². The number of aryl methyl sites for hydroxylation is 1. The first-order chi connectivity index (χ1) is 11.0. The first-order valence-corrected chi connectivity index (χ1v) is 7.52. The first-order valence-electron chi connectivity index (χ1n) is 7.52. The van der Waals surface area contributed by atoms with E-state index in [2.05, 4.69) is 4.98 Å². The number of halogens is 3. The van der Waals surface area contributed by atoms with Crippen LogP contribution in [0.5, 0.6) is 11.6 Å². The lowest BCUT2D eigenvalue weighted by molar-refractivity contribution is -0.141. The Balaban J connectivity index is 1.84. The van der Waals surface area contributed by atoms with Crippen LogP contribution < -0.4 is 10.5 Å². The van der Waals surface area contributed by atoms with Crippen LogP contribution in [0, 0.1) is 0 Å². The van der Waals surface area contributed by atoms with Crippen molar-refractivity contribution in [3.8, 4) is 11.6 Å². The largest absolute Gasteiger partial charge is 0.439 e. The summed E-state index contributed by atoms with van der Waals surface area (Å²) in [5.41, 5.74) is 7.19. The van der Waals surface area contributed by atoms with Crippen molar-refractivity contribution in [3.05, 3.63) is 53.2 Å². The number of pyridine rings is 1. The maximum atomic E-state index is 12.7. The van der Waals surface area contributed by atoms with Gasteiger partial charge in [0.25, 0.3) is 0 Å². The van der Waals surface area contributed by atoms with Crippen LogP contribution in [-0.4, -0.2) is 11.5 Å². The van der Waals surface area contributed by atoms with Crippen molar-refractivity contribution in [1.82, 2.24) is 4.98 Å². The molecule has 1 aliphatic rings. The van der Waals surface area contributed by atoms with Crippen molar-refractivity contribution in [3.63, 3.8) is 0 Å². The maximum Gasteiger partial charge on any atom is 0.433 e. The van der Waals surface area contributed by atoms with Gasteiger partial charge in [0.1, 0.15) is 11.4 Å². The van der Waals surface area contributed by atoms with E-state index in [1.807, 2.05) is 12.1 Å². The Hall–Kier alpha value is -2.08. The lowest BCUT2D eigenvalue weighted by Crippen LogP contribution is -2.18. The minimum Gasteiger partial charge on any atom is -0.439 e. The molecule has 0 amide bonds. The van der Waals surface area contributed by atoms with Gasteiger partial charge in [-0.05, 0) is 61.1 Å². The second kappa shape index (κ2) is 6.20. The molecule has 2 N–H and O–H groups in total. The summed E-state index contributed by atoms with van der Waals surface area (Å²) in [5, 5.41) is 0. The van der Waals surface area contributed by atoms with E-state index in [1.165, 1.54) is 17.7 Å². The van der Waals surface area contributed by atoms with E-state index in [9.17, 15) is 13.2 Å². The molecule has 1 aromatic carbocycles. The average molecular weight is 322 g/mol. The van der Waals surface area contributed by atoms with Gasteiger partial charge in [0, 0.05) is 6.07 Å². The molecule has 3 rings (SSSR count). The second-order valence-electron chi connectivity index (χ2n) is 5.65. The molecule has 0 saturated heterocycles.